The summed E-state index contributed by atoms with van der Waals surface area (Å²) in [6, 6.07) is 8.06. The van der Waals surface area contributed by atoms with Crippen LogP contribution in [0.15, 0.2) is 29.3 Å². The molecule has 2 fully saturated rings. The van der Waals surface area contributed by atoms with Gasteiger partial charge in [0, 0.05) is 25.6 Å². The summed E-state index contributed by atoms with van der Waals surface area (Å²) in [6.07, 6.45) is 5.12. The molecule has 3 unspecified atom stereocenters. The Balaban J connectivity index is 1.40. The number of hydrogen-bond donors (Lipinski definition) is 2. The van der Waals surface area contributed by atoms with Crippen LogP contribution in [0.1, 0.15) is 32.6 Å². The Morgan fingerprint density at radius 2 is 2.20 bits per heavy atom. The van der Waals surface area contributed by atoms with Crippen LogP contribution in [0.2, 0.25) is 0 Å². The van der Waals surface area contributed by atoms with E-state index in [0.717, 1.165) is 49.8 Å². The molecular formula is C19H29N3O3. The maximum Gasteiger partial charge on any atom is 0.191 e. The molecule has 25 heavy (non-hydrogen) atoms. The Bertz CT molecular complexity index is 579. The van der Waals surface area contributed by atoms with E-state index in [0.29, 0.717) is 24.9 Å². The first-order valence-electron chi connectivity index (χ1n) is 9.25. The number of nitrogens with one attached hydrogen (secondary N) is 2. The first kappa shape index (κ1) is 17.9. The van der Waals surface area contributed by atoms with Crippen LogP contribution in [0.3, 0.4) is 0 Å². The van der Waals surface area contributed by atoms with Gasteiger partial charge in [-0.15, -0.1) is 0 Å². The van der Waals surface area contributed by atoms with Crippen molar-refractivity contribution in [2.75, 3.05) is 26.8 Å². The van der Waals surface area contributed by atoms with E-state index >= 15 is 0 Å². The lowest BCUT2D eigenvalue weighted by atomic mass is 9.96. The first-order valence-corrected chi connectivity index (χ1v) is 9.25. The zero-order valence-corrected chi connectivity index (χ0v) is 15.2. The second kappa shape index (κ2) is 8.94. The van der Waals surface area contributed by atoms with E-state index in [2.05, 4.69) is 22.5 Å². The average Bonchev–Trinajstić information content (AvgIpc) is 3.25. The molecule has 6 heteroatoms. The lowest BCUT2D eigenvalue weighted by Crippen LogP contribution is -2.47. The van der Waals surface area contributed by atoms with Crippen LogP contribution < -0.4 is 20.1 Å². The van der Waals surface area contributed by atoms with Gasteiger partial charge in [-0.3, -0.25) is 4.99 Å². The predicted molar refractivity (Wildman–Crippen MR) is 98.5 cm³/mol. The van der Waals surface area contributed by atoms with E-state index in [1.165, 1.54) is 6.42 Å². The zero-order chi connectivity index (χ0) is 17.5. The number of ether oxygens (including phenoxy) is 3. The molecule has 0 saturated carbocycles. The molecular weight excluding hydrogens is 318 g/mol. The molecule has 2 heterocycles. The van der Waals surface area contributed by atoms with E-state index < -0.39 is 0 Å². The van der Waals surface area contributed by atoms with E-state index in [1.54, 1.807) is 7.11 Å². The van der Waals surface area contributed by atoms with Gasteiger partial charge >= 0.3 is 0 Å². The van der Waals surface area contributed by atoms with Crippen molar-refractivity contribution < 1.29 is 14.2 Å². The molecule has 2 aliphatic heterocycles. The number of aliphatic imine (C=N–C) groups is 1. The van der Waals surface area contributed by atoms with Crippen LogP contribution in [-0.2, 0) is 4.74 Å². The highest BCUT2D eigenvalue weighted by Crippen LogP contribution is 2.34. The fourth-order valence-electron chi connectivity index (χ4n) is 3.42. The summed E-state index contributed by atoms with van der Waals surface area (Å²) in [7, 11) is 1.66. The fourth-order valence-corrected chi connectivity index (χ4v) is 3.42. The topological polar surface area (TPSA) is 64.1 Å². The number of hydrogen-bond acceptors (Lipinski definition) is 4. The Morgan fingerprint density at radius 3 is 2.92 bits per heavy atom. The molecule has 2 N–H and O–H groups in total. The minimum Gasteiger partial charge on any atom is -0.497 e. The summed E-state index contributed by atoms with van der Waals surface area (Å²) >= 11 is 0. The van der Waals surface area contributed by atoms with Crippen molar-refractivity contribution >= 4 is 5.96 Å². The highest BCUT2D eigenvalue weighted by atomic mass is 16.5. The van der Waals surface area contributed by atoms with Crippen molar-refractivity contribution in [2.24, 2.45) is 4.99 Å². The van der Waals surface area contributed by atoms with Gasteiger partial charge in [-0.05, 0) is 38.3 Å². The molecule has 0 aromatic heterocycles. The van der Waals surface area contributed by atoms with Crippen molar-refractivity contribution in [3.63, 3.8) is 0 Å². The molecule has 3 rings (SSSR count). The highest BCUT2D eigenvalue weighted by molar-refractivity contribution is 5.80. The molecule has 1 aromatic carbocycles. The van der Waals surface area contributed by atoms with Gasteiger partial charge in [-0.1, -0.05) is 6.07 Å². The van der Waals surface area contributed by atoms with Gasteiger partial charge in [-0.25, -0.2) is 0 Å². The third-order valence-corrected chi connectivity index (χ3v) is 4.65. The maximum absolute atomic E-state index is 5.90. The molecule has 0 amide bonds. The molecule has 2 aliphatic rings. The van der Waals surface area contributed by atoms with E-state index in [-0.39, 0.29) is 0 Å². The van der Waals surface area contributed by atoms with Crippen molar-refractivity contribution in [2.45, 2.75) is 50.9 Å². The summed E-state index contributed by atoms with van der Waals surface area (Å²) in [5, 5.41) is 6.85. The number of guanidine groups is 1. The Morgan fingerprint density at radius 1 is 1.32 bits per heavy atom. The molecule has 6 nitrogen and oxygen atoms in total. The third kappa shape index (κ3) is 5.01. The normalized spacial score (nSPS) is 25.0. The maximum atomic E-state index is 5.90. The summed E-state index contributed by atoms with van der Waals surface area (Å²) in [4.78, 5) is 4.66. The van der Waals surface area contributed by atoms with Gasteiger partial charge in [0.2, 0.25) is 0 Å². The van der Waals surface area contributed by atoms with Gasteiger partial charge in [-0.2, -0.15) is 0 Å². The van der Waals surface area contributed by atoms with Crippen LogP contribution in [-0.4, -0.2) is 51.0 Å². The van der Waals surface area contributed by atoms with Crippen LogP contribution in [0.4, 0.5) is 0 Å². The number of methoxy groups -OCH3 is 1. The molecule has 1 aromatic rings. The SMILES string of the molecule is CCNC(=NCCCOc1cccc(OC)c1)NC1CC2CCC1O2. The van der Waals surface area contributed by atoms with Crippen LogP contribution >= 0.6 is 0 Å². The Labute approximate surface area is 149 Å². The lowest BCUT2D eigenvalue weighted by Gasteiger charge is -2.22. The van der Waals surface area contributed by atoms with Crippen LogP contribution in [0.25, 0.3) is 0 Å². The van der Waals surface area contributed by atoms with Crippen molar-refractivity contribution in [3.8, 4) is 11.5 Å². The molecule has 0 radical (unpaired) electrons. The largest absolute Gasteiger partial charge is 0.497 e. The summed E-state index contributed by atoms with van der Waals surface area (Å²) in [5.74, 6) is 2.51. The first-order chi connectivity index (χ1) is 12.3. The van der Waals surface area contributed by atoms with Crippen molar-refractivity contribution in [3.05, 3.63) is 24.3 Å². The highest BCUT2D eigenvalue weighted by Gasteiger charge is 2.41. The molecule has 2 saturated heterocycles. The Hall–Kier alpha value is -1.95. The van der Waals surface area contributed by atoms with E-state index in [1.807, 2.05) is 24.3 Å². The average molecular weight is 347 g/mol. The van der Waals surface area contributed by atoms with Crippen molar-refractivity contribution in [1.82, 2.24) is 10.6 Å². The van der Waals surface area contributed by atoms with Crippen molar-refractivity contribution in [1.29, 1.82) is 0 Å². The molecule has 2 bridgehead atoms. The number of fused-ring (bicyclic) bond motifs is 2. The minimum atomic E-state index is 0.352. The fraction of sp³-hybridized carbons (Fsp3) is 0.632. The van der Waals surface area contributed by atoms with Gasteiger partial charge in [0.05, 0.1) is 32.0 Å². The van der Waals surface area contributed by atoms with Gasteiger partial charge in [0.1, 0.15) is 11.5 Å². The molecule has 0 spiro atoms. The number of rotatable bonds is 8. The monoisotopic (exact) mass is 347 g/mol. The summed E-state index contributed by atoms with van der Waals surface area (Å²) in [6.45, 7) is 4.29. The van der Waals surface area contributed by atoms with E-state index in [9.17, 15) is 0 Å². The minimum absolute atomic E-state index is 0.352. The predicted octanol–water partition coefficient (Wildman–Crippen LogP) is 2.34. The number of benzene rings is 1. The zero-order valence-electron chi connectivity index (χ0n) is 15.2. The van der Waals surface area contributed by atoms with Gasteiger partial charge in [0.25, 0.3) is 0 Å². The van der Waals surface area contributed by atoms with Crippen LogP contribution in [0, 0.1) is 0 Å². The Kier molecular flexibility index (Phi) is 6.39. The lowest BCUT2D eigenvalue weighted by molar-refractivity contribution is 0.0992. The molecule has 138 valence electrons. The van der Waals surface area contributed by atoms with Gasteiger partial charge in [0.15, 0.2) is 5.96 Å². The second-order valence-electron chi connectivity index (χ2n) is 6.50. The summed E-state index contributed by atoms with van der Waals surface area (Å²) < 4.78 is 16.8. The quantitative estimate of drug-likeness (QED) is 0.429. The standard InChI is InChI=1S/C19H29N3O3/c1-3-20-19(22-17-13-16-8-9-18(17)25-16)21-10-5-11-24-15-7-4-6-14(12-15)23-2/h4,6-7,12,16-18H,3,5,8-11,13H2,1-2H3,(H2,20,21,22). The molecule has 0 aliphatic carbocycles. The molecule has 3 atom stereocenters. The second-order valence-corrected chi connectivity index (χ2v) is 6.50. The van der Waals surface area contributed by atoms with E-state index in [4.69, 9.17) is 14.2 Å². The smallest absolute Gasteiger partial charge is 0.191 e. The van der Waals surface area contributed by atoms with Gasteiger partial charge < -0.3 is 24.8 Å². The van der Waals surface area contributed by atoms with Crippen LogP contribution in [0.5, 0.6) is 11.5 Å². The summed E-state index contributed by atoms with van der Waals surface area (Å²) in [5.41, 5.74) is 0. The third-order valence-electron chi connectivity index (χ3n) is 4.65. The number of nitrogens with zero attached hydrogens (tertiary/aromatic N) is 1.